The largest absolute Gasteiger partial charge is 0.338 e. The topological polar surface area (TPSA) is 20.3 Å². The lowest BCUT2D eigenvalue weighted by atomic mass is 10.2. The Morgan fingerprint density at radius 3 is 2.76 bits per heavy atom. The highest BCUT2D eigenvalue weighted by molar-refractivity contribution is 9.09. The molecule has 0 heterocycles. The molecule has 1 amide bonds. The van der Waals surface area contributed by atoms with Crippen molar-refractivity contribution in [1.29, 1.82) is 0 Å². The first-order valence-electron chi connectivity index (χ1n) is 5.41. The molecule has 0 radical (unpaired) electrons. The van der Waals surface area contributed by atoms with Crippen LogP contribution in [-0.4, -0.2) is 29.2 Å². The van der Waals surface area contributed by atoms with E-state index in [-0.39, 0.29) is 16.5 Å². The predicted molar refractivity (Wildman–Crippen MR) is 71.4 cm³/mol. The molecule has 1 aromatic carbocycles. The Kier molecular flexibility index (Phi) is 5.92. The summed E-state index contributed by atoms with van der Waals surface area (Å²) >= 11 is 8.94. The molecule has 0 bridgehead atoms. The van der Waals surface area contributed by atoms with E-state index < -0.39 is 5.82 Å². The van der Waals surface area contributed by atoms with Gasteiger partial charge in [-0.25, -0.2) is 4.39 Å². The molecule has 17 heavy (non-hydrogen) atoms. The van der Waals surface area contributed by atoms with Crippen LogP contribution < -0.4 is 0 Å². The highest BCUT2D eigenvalue weighted by Gasteiger charge is 2.19. The first-order chi connectivity index (χ1) is 8.11. The van der Waals surface area contributed by atoms with Gasteiger partial charge < -0.3 is 4.90 Å². The first-order valence-corrected chi connectivity index (χ1v) is 6.91. The number of carbonyl (C=O) groups is 1. The van der Waals surface area contributed by atoms with E-state index in [2.05, 4.69) is 15.9 Å². The van der Waals surface area contributed by atoms with E-state index >= 15 is 0 Å². The Labute approximate surface area is 114 Å². The zero-order valence-corrected chi connectivity index (χ0v) is 11.9. The third-order valence-corrected chi connectivity index (χ3v) is 2.96. The summed E-state index contributed by atoms with van der Waals surface area (Å²) in [7, 11) is 0. The molecule has 0 aromatic heterocycles. The summed E-state index contributed by atoms with van der Waals surface area (Å²) in [5.41, 5.74) is 0.0342. The fourth-order valence-electron chi connectivity index (χ4n) is 1.53. The maximum atomic E-state index is 13.7. The minimum absolute atomic E-state index is 0.0221. The average molecular weight is 323 g/mol. The quantitative estimate of drug-likeness (QED) is 0.757. The lowest BCUT2D eigenvalue weighted by Crippen LogP contribution is -2.34. The van der Waals surface area contributed by atoms with Gasteiger partial charge in [0.15, 0.2) is 5.82 Å². The number of nitrogens with zero attached hydrogens (tertiary/aromatic N) is 1. The zero-order chi connectivity index (χ0) is 12.8. The highest BCUT2D eigenvalue weighted by Crippen LogP contribution is 2.19. The molecule has 2 nitrogen and oxygen atoms in total. The van der Waals surface area contributed by atoms with Gasteiger partial charge in [0.05, 0.1) is 10.6 Å². The smallest absolute Gasteiger partial charge is 0.256 e. The van der Waals surface area contributed by atoms with Crippen molar-refractivity contribution in [2.75, 3.05) is 18.4 Å². The number of rotatable bonds is 5. The molecular formula is C12H14BrClFNO. The van der Waals surface area contributed by atoms with Crippen molar-refractivity contribution in [3.8, 4) is 0 Å². The number of hydrogen-bond acceptors (Lipinski definition) is 1. The van der Waals surface area contributed by atoms with Crippen LogP contribution in [-0.2, 0) is 0 Å². The SMILES string of the molecule is CCCN(CCBr)C(=O)c1cccc(Cl)c1F. The Morgan fingerprint density at radius 2 is 2.18 bits per heavy atom. The molecule has 0 unspecified atom stereocenters. The van der Waals surface area contributed by atoms with Crippen LogP contribution in [0.1, 0.15) is 23.7 Å². The van der Waals surface area contributed by atoms with Gasteiger partial charge in [0.25, 0.3) is 5.91 Å². The van der Waals surface area contributed by atoms with Crippen LogP contribution in [0.5, 0.6) is 0 Å². The van der Waals surface area contributed by atoms with Gasteiger partial charge in [-0.15, -0.1) is 0 Å². The van der Waals surface area contributed by atoms with Crippen LogP contribution in [0.4, 0.5) is 4.39 Å². The summed E-state index contributed by atoms with van der Waals surface area (Å²) in [5.74, 6) is -0.957. The molecule has 0 fully saturated rings. The third-order valence-electron chi connectivity index (χ3n) is 2.32. The average Bonchev–Trinajstić information content (AvgIpc) is 2.31. The second kappa shape index (κ2) is 6.97. The lowest BCUT2D eigenvalue weighted by Gasteiger charge is -2.21. The first kappa shape index (κ1) is 14.5. The van der Waals surface area contributed by atoms with Crippen molar-refractivity contribution in [3.05, 3.63) is 34.6 Å². The minimum atomic E-state index is -0.644. The Hall–Kier alpha value is -0.610. The van der Waals surface area contributed by atoms with E-state index in [1.807, 2.05) is 6.92 Å². The van der Waals surface area contributed by atoms with Crippen LogP contribution in [0.2, 0.25) is 5.02 Å². The number of benzene rings is 1. The van der Waals surface area contributed by atoms with Crippen molar-refractivity contribution in [2.45, 2.75) is 13.3 Å². The van der Waals surface area contributed by atoms with E-state index in [0.29, 0.717) is 18.4 Å². The van der Waals surface area contributed by atoms with Gasteiger partial charge in [-0.05, 0) is 18.6 Å². The summed E-state index contributed by atoms with van der Waals surface area (Å²) in [6.45, 7) is 3.14. The molecule has 0 saturated heterocycles. The molecule has 0 atom stereocenters. The molecule has 0 N–H and O–H groups in total. The maximum absolute atomic E-state index is 13.7. The number of carbonyl (C=O) groups excluding carboxylic acids is 1. The van der Waals surface area contributed by atoms with E-state index in [9.17, 15) is 9.18 Å². The van der Waals surface area contributed by atoms with Gasteiger partial charge in [0, 0.05) is 18.4 Å². The van der Waals surface area contributed by atoms with Gasteiger partial charge in [-0.3, -0.25) is 4.79 Å². The Bertz CT molecular complexity index is 394. The second-order valence-corrected chi connectivity index (χ2v) is 4.78. The summed E-state index contributed by atoms with van der Waals surface area (Å²) in [4.78, 5) is 13.7. The van der Waals surface area contributed by atoms with Crippen molar-refractivity contribution in [1.82, 2.24) is 4.90 Å². The van der Waals surface area contributed by atoms with E-state index in [0.717, 1.165) is 6.42 Å². The zero-order valence-electron chi connectivity index (χ0n) is 9.55. The van der Waals surface area contributed by atoms with Crippen LogP contribution in [0.25, 0.3) is 0 Å². The normalized spacial score (nSPS) is 10.4. The van der Waals surface area contributed by atoms with Gasteiger partial charge in [-0.2, -0.15) is 0 Å². The molecular weight excluding hydrogens is 308 g/mol. The molecule has 1 aromatic rings. The summed E-state index contributed by atoms with van der Waals surface area (Å²) < 4.78 is 13.7. The van der Waals surface area contributed by atoms with Crippen molar-refractivity contribution in [3.63, 3.8) is 0 Å². The van der Waals surface area contributed by atoms with Crippen LogP contribution in [0, 0.1) is 5.82 Å². The van der Waals surface area contributed by atoms with E-state index in [1.165, 1.54) is 12.1 Å². The van der Waals surface area contributed by atoms with Gasteiger partial charge in [-0.1, -0.05) is 40.5 Å². The number of alkyl halides is 1. The van der Waals surface area contributed by atoms with Gasteiger partial charge in [0.2, 0.25) is 0 Å². The highest BCUT2D eigenvalue weighted by atomic mass is 79.9. The van der Waals surface area contributed by atoms with Crippen molar-refractivity contribution >= 4 is 33.4 Å². The number of halogens is 3. The molecule has 0 aliphatic rings. The predicted octanol–water partition coefficient (Wildman–Crippen LogP) is 3.73. The Balaban J connectivity index is 2.96. The molecule has 94 valence electrons. The molecule has 1 rings (SSSR count). The van der Waals surface area contributed by atoms with Crippen LogP contribution in [0.15, 0.2) is 18.2 Å². The second-order valence-electron chi connectivity index (χ2n) is 3.58. The number of hydrogen-bond donors (Lipinski definition) is 0. The van der Waals surface area contributed by atoms with E-state index in [4.69, 9.17) is 11.6 Å². The standard InChI is InChI=1S/C12H14BrClFNO/c1-2-7-16(8-6-13)12(17)9-4-3-5-10(14)11(9)15/h3-5H,2,6-8H2,1H3. The summed E-state index contributed by atoms with van der Waals surface area (Å²) in [5, 5.41) is 0.645. The van der Waals surface area contributed by atoms with E-state index in [1.54, 1.807) is 11.0 Å². The monoisotopic (exact) mass is 321 g/mol. The third kappa shape index (κ3) is 3.68. The summed E-state index contributed by atoms with van der Waals surface area (Å²) in [6.07, 6.45) is 0.834. The number of amides is 1. The minimum Gasteiger partial charge on any atom is -0.338 e. The molecule has 5 heteroatoms. The molecule has 0 aliphatic carbocycles. The maximum Gasteiger partial charge on any atom is 0.256 e. The van der Waals surface area contributed by atoms with Crippen molar-refractivity contribution in [2.24, 2.45) is 0 Å². The van der Waals surface area contributed by atoms with Gasteiger partial charge >= 0.3 is 0 Å². The molecule has 0 spiro atoms. The fraction of sp³-hybridized carbons (Fsp3) is 0.417. The van der Waals surface area contributed by atoms with Crippen LogP contribution in [0.3, 0.4) is 0 Å². The molecule has 0 saturated carbocycles. The molecule has 0 aliphatic heterocycles. The van der Waals surface area contributed by atoms with Gasteiger partial charge in [0.1, 0.15) is 0 Å². The summed E-state index contributed by atoms with van der Waals surface area (Å²) in [6, 6.07) is 4.47. The Morgan fingerprint density at radius 1 is 1.47 bits per heavy atom. The fourth-order valence-corrected chi connectivity index (χ4v) is 2.13. The van der Waals surface area contributed by atoms with Crippen LogP contribution >= 0.6 is 27.5 Å². The lowest BCUT2D eigenvalue weighted by molar-refractivity contribution is 0.0762. The van der Waals surface area contributed by atoms with Crippen molar-refractivity contribution < 1.29 is 9.18 Å².